The number of aryl methyl sites for hydroxylation is 1. The third-order valence-electron chi connectivity index (χ3n) is 4.85. The number of aromatic nitrogens is 2. The molecule has 0 saturated carbocycles. The van der Waals surface area contributed by atoms with E-state index in [-0.39, 0.29) is 24.2 Å². The van der Waals surface area contributed by atoms with Crippen molar-refractivity contribution in [2.45, 2.75) is 31.1 Å². The monoisotopic (exact) mass is 344 g/mol. The highest BCUT2D eigenvalue weighted by Gasteiger charge is 2.39. The van der Waals surface area contributed by atoms with Gasteiger partial charge in [0.15, 0.2) is 0 Å². The van der Waals surface area contributed by atoms with Crippen LogP contribution in [0.2, 0.25) is 0 Å². The molecule has 0 radical (unpaired) electrons. The maximum absolute atomic E-state index is 13.0. The topological polar surface area (TPSA) is 50.2 Å². The molecule has 3 heterocycles. The smallest absolute Gasteiger partial charge is 0.227 e. The summed E-state index contributed by atoms with van der Waals surface area (Å²) in [5, 5.41) is 8.16. The Balaban J connectivity index is 0.00000176. The van der Waals surface area contributed by atoms with Crippen molar-refractivity contribution in [2.75, 3.05) is 25.4 Å². The van der Waals surface area contributed by atoms with Gasteiger partial charge in [-0.1, -0.05) is 6.92 Å². The number of hydrogen-bond acceptors (Lipinski definition) is 4. The van der Waals surface area contributed by atoms with Gasteiger partial charge in [0, 0.05) is 55.8 Å². The van der Waals surface area contributed by atoms with E-state index in [0.29, 0.717) is 17.2 Å². The van der Waals surface area contributed by atoms with Crippen LogP contribution in [0, 0.1) is 5.92 Å². The highest BCUT2D eigenvalue weighted by molar-refractivity contribution is 8.00. The number of thioether (sulfide) groups is 1. The van der Waals surface area contributed by atoms with Gasteiger partial charge in [0.1, 0.15) is 0 Å². The van der Waals surface area contributed by atoms with Crippen LogP contribution < -0.4 is 5.32 Å². The lowest BCUT2D eigenvalue weighted by atomic mass is 9.89. The molecule has 2 aliphatic rings. The molecule has 0 aliphatic carbocycles. The summed E-state index contributed by atoms with van der Waals surface area (Å²) in [6.45, 7) is 6.93. The standard InChI is InChI=1S/C15H24N4OS.ClH/c1-10-11(2)21-5-4-19(10)15(20)14-8-16-7-13(14)12-6-17-18(3)9-12;/h6,9-11,13-14,16H,4-5,7-8H2,1-3H3;1H/t10?,11?,13-,14+;/m1./s1. The zero-order valence-corrected chi connectivity index (χ0v) is 15.0. The van der Waals surface area contributed by atoms with Gasteiger partial charge in [0.05, 0.1) is 12.1 Å². The normalized spacial score (nSPS) is 31.9. The van der Waals surface area contributed by atoms with Gasteiger partial charge in [-0.05, 0) is 12.5 Å². The molecule has 1 amide bonds. The molecule has 1 N–H and O–H groups in total. The van der Waals surface area contributed by atoms with Crippen LogP contribution in [-0.2, 0) is 11.8 Å². The zero-order valence-electron chi connectivity index (χ0n) is 13.4. The Morgan fingerprint density at radius 1 is 1.41 bits per heavy atom. The molecule has 2 aliphatic heterocycles. The van der Waals surface area contributed by atoms with Crippen LogP contribution in [0.1, 0.15) is 25.3 Å². The van der Waals surface area contributed by atoms with Crippen molar-refractivity contribution in [3.05, 3.63) is 18.0 Å². The van der Waals surface area contributed by atoms with Gasteiger partial charge >= 0.3 is 0 Å². The number of carbonyl (C=O) groups excluding carboxylic acids is 1. The summed E-state index contributed by atoms with van der Waals surface area (Å²) >= 11 is 1.97. The maximum Gasteiger partial charge on any atom is 0.227 e. The molecule has 22 heavy (non-hydrogen) atoms. The number of nitrogens with one attached hydrogen (secondary N) is 1. The third-order valence-corrected chi connectivity index (χ3v) is 6.19. The van der Waals surface area contributed by atoms with Crippen molar-refractivity contribution in [3.8, 4) is 0 Å². The van der Waals surface area contributed by atoms with Gasteiger partial charge in [0.25, 0.3) is 0 Å². The fraction of sp³-hybridized carbons (Fsp3) is 0.733. The fourth-order valence-electron chi connectivity index (χ4n) is 3.38. The molecule has 5 nitrogen and oxygen atoms in total. The number of rotatable bonds is 2. The molecule has 2 unspecified atom stereocenters. The Kier molecular flexibility index (Phi) is 5.80. The second kappa shape index (κ2) is 7.23. The minimum absolute atomic E-state index is 0. The van der Waals surface area contributed by atoms with Crippen LogP contribution in [-0.4, -0.2) is 57.3 Å². The second-order valence-electron chi connectivity index (χ2n) is 6.17. The van der Waals surface area contributed by atoms with E-state index >= 15 is 0 Å². The molecule has 0 spiro atoms. The van der Waals surface area contributed by atoms with E-state index in [4.69, 9.17) is 0 Å². The first-order chi connectivity index (χ1) is 10.1. The second-order valence-corrected chi connectivity index (χ2v) is 7.65. The van der Waals surface area contributed by atoms with Gasteiger partial charge in [0.2, 0.25) is 5.91 Å². The van der Waals surface area contributed by atoms with Crippen LogP contribution in [0.25, 0.3) is 0 Å². The van der Waals surface area contributed by atoms with E-state index in [0.717, 1.165) is 25.4 Å². The van der Waals surface area contributed by atoms with Crippen molar-refractivity contribution in [3.63, 3.8) is 0 Å². The van der Waals surface area contributed by atoms with E-state index in [1.54, 1.807) is 0 Å². The van der Waals surface area contributed by atoms with Crippen LogP contribution >= 0.6 is 24.2 Å². The third kappa shape index (κ3) is 3.29. The molecule has 1 aromatic heterocycles. The summed E-state index contributed by atoms with van der Waals surface area (Å²) in [5.41, 5.74) is 1.17. The Bertz CT molecular complexity index is 523. The Morgan fingerprint density at radius 3 is 2.86 bits per heavy atom. The summed E-state index contributed by atoms with van der Waals surface area (Å²) in [4.78, 5) is 15.1. The Morgan fingerprint density at radius 2 is 2.18 bits per heavy atom. The van der Waals surface area contributed by atoms with E-state index in [9.17, 15) is 4.79 Å². The Hall–Kier alpha value is -0.720. The highest BCUT2D eigenvalue weighted by atomic mass is 35.5. The van der Waals surface area contributed by atoms with Crippen LogP contribution in [0.3, 0.4) is 0 Å². The van der Waals surface area contributed by atoms with E-state index < -0.39 is 0 Å². The number of nitrogens with zero attached hydrogens (tertiary/aromatic N) is 3. The van der Waals surface area contributed by atoms with Crippen molar-refractivity contribution < 1.29 is 4.79 Å². The lowest BCUT2D eigenvalue weighted by molar-refractivity contribution is -0.137. The molecule has 4 atom stereocenters. The van der Waals surface area contributed by atoms with Gasteiger partial charge in [-0.15, -0.1) is 12.4 Å². The van der Waals surface area contributed by atoms with Crippen molar-refractivity contribution in [1.29, 1.82) is 0 Å². The van der Waals surface area contributed by atoms with Gasteiger partial charge in [-0.25, -0.2) is 0 Å². The minimum atomic E-state index is 0. The predicted molar refractivity (Wildman–Crippen MR) is 92.7 cm³/mol. The predicted octanol–water partition coefficient (Wildman–Crippen LogP) is 1.50. The van der Waals surface area contributed by atoms with Crippen molar-refractivity contribution in [1.82, 2.24) is 20.0 Å². The van der Waals surface area contributed by atoms with Crippen LogP contribution in [0.15, 0.2) is 12.4 Å². The first-order valence-electron chi connectivity index (χ1n) is 7.69. The molecule has 2 saturated heterocycles. The van der Waals surface area contributed by atoms with Crippen molar-refractivity contribution in [2.24, 2.45) is 13.0 Å². The van der Waals surface area contributed by atoms with E-state index in [1.165, 1.54) is 5.56 Å². The molecule has 124 valence electrons. The largest absolute Gasteiger partial charge is 0.338 e. The molecule has 0 bridgehead atoms. The van der Waals surface area contributed by atoms with Gasteiger partial charge in [-0.2, -0.15) is 16.9 Å². The first-order valence-corrected chi connectivity index (χ1v) is 8.74. The highest BCUT2D eigenvalue weighted by Crippen LogP contribution is 2.32. The maximum atomic E-state index is 13.0. The van der Waals surface area contributed by atoms with E-state index in [1.807, 2.05) is 35.9 Å². The number of halogens is 1. The molecular formula is C15H25ClN4OS. The Labute approximate surface area is 142 Å². The van der Waals surface area contributed by atoms with Crippen molar-refractivity contribution >= 4 is 30.1 Å². The van der Waals surface area contributed by atoms with Crippen LogP contribution in [0.4, 0.5) is 0 Å². The van der Waals surface area contributed by atoms with Gasteiger partial charge in [-0.3, -0.25) is 9.48 Å². The average molecular weight is 345 g/mol. The number of hydrogen-bond donors (Lipinski definition) is 1. The summed E-state index contributed by atoms with van der Waals surface area (Å²) in [5.74, 6) is 1.67. The first kappa shape index (κ1) is 17.6. The average Bonchev–Trinajstić information content (AvgIpc) is 3.09. The lowest BCUT2D eigenvalue weighted by Gasteiger charge is -2.39. The van der Waals surface area contributed by atoms with Gasteiger partial charge < -0.3 is 10.2 Å². The van der Waals surface area contributed by atoms with E-state index in [2.05, 4.69) is 29.2 Å². The molecule has 3 rings (SSSR count). The quantitative estimate of drug-likeness (QED) is 0.883. The summed E-state index contributed by atoms with van der Waals surface area (Å²) in [6, 6.07) is 0.325. The SMILES string of the molecule is CC1SCCN(C(=O)[C@H]2CNC[C@@H]2c2cnn(C)c2)C1C.Cl. The molecular weight excluding hydrogens is 320 g/mol. The number of amides is 1. The lowest BCUT2D eigenvalue weighted by Crippen LogP contribution is -2.51. The number of carbonyl (C=O) groups is 1. The fourth-order valence-corrected chi connectivity index (χ4v) is 4.48. The molecule has 2 fully saturated rings. The molecule has 0 aromatic carbocycles. The summed E-state index contributed by atoms with van der Waals surface area (Å²) in [7, 11) is 1.92. The van der Waals surface area contributed by atoms with Crippen LogP contribution in [0.5, 0.6) is 0 Å². The summed E-state index contributed by atoms with van der Waals surface area (Å²) in [6.07, 6.45) is 3.94. The zero-order chi connectivity index (χ0) is 15.0. The molecule has 7 heteroatoms. The summed E-state index contributed by atoms with van der Waals surface area (Å²) < 4.78 is 1.82. The minimum Gasteiger partial charge on any atom is -0.338 e. The molecule has 1 aromatic rings.